The van der Waals surface area contributed by atoms with Gasteiger partial charge in [-0.1, -0.05) is 0 Å². The Labute approximate surface area is 106 Å². The monoisotopic (exact) mass is 263 g/mol. The normalized spacial score (nSPS) is 10.1. The molecule has 0 unspecified atom stereocenters. The summed E-state index contributed by atoms with van der Waals surface area (Å²) in [6.07, 6.45) is 0. The maximum absolute atomic E-state index is 12.0. The molecule has 4 nitrogen and oxygen atoms in total. The highest BCUT2D eigenvalue weighted by Gasteiger charge is 2.19. The van der Waals surface area contributed by atoms with Crippen LogP contribution in [0.4, 0.5) is 0 Å². The quantitative estimate of drug-likeness (QED) is 0.903. The summed E-state index contributed by atoms with van der Waals surface area (Å²) in [5.74, 6) is -0.0107. The minimum Gasteiger partial charge on any atom is -0.335 e. The Bertz CT molecular complexity index is 341. The fraction of sp³-hybridized carbons (Fsp3) is 0.600. The highest BCUT2D eigenvalue weighted by atomic mass is 35.5. The first kappa shape index (κ1) is 15.3. The molecule has 1 heterocycles. The van der Waals surface area contributed by atoms with Crippen molar-refractivity contribution in [1.82, 2.24) is 9.88 Å². The third kappa shape index (κ3) is 3.43. The van der Waals surface area contributed by atoms with Gasteiger partial charge in [-0.15, -0.1) is 23.7 Å². The zero-order chi connectivity index (χ0) is 11.4. The van der Waals surface area contributed by atoms with Gasteiger partial charge in [0.15, 0.2) is 0 Å². The molecule has 0 fully saturated rings. The standard InChI is InChI=1S/C10H17N3OS.ClH/c1-4-13(7(2)3)10(14)8-6-15-9(5-11)12-8;/h6-7H,4-5,11H2,1-3H3;1H. The third-order valence-electron chi connectivity index (χ3n) is 2.17. The second-order valence-electron chi connectivity index (χ2n) is 3.52. The van der Waals surface area contributed by atoms with Crippen LogP contribution in [0.1, 0.15) is 36.3 Å². The predicted molar refractivity (Wildman–Crippen MR) is 69.1 cm³/mol. The predicted octanol–water partition coefficient (Wildman–Crippen LogP) is 1.89. The lowest BCUT2D eigenvalue weighted by Crippen LogP contribution is -2.36. The molecular weight excluding hydrogens is 246 g/mol. The van der Waals surface area contributed by atoms with E-state index in [4.69, 9.17) is 5.73 Å². The minimum atomic E-state index is -0.0107. The van der Waals surface area contributed by atoms with E-state index in [0.29, 0.717) is 18.8 Å². The van der Waals surface area contributed by atoms with Crippen LogP contribution in [0, 0.1) is 0 Å². The van der Waals surface area contributed by atoms with Crippen molar-refractivity contribution in [2.24, 2.45) is 5.73 Å². The summed E-state index contributed by atoms with van der Waals surface area (Å²) < 4.78 is 0. The Kier molecular flexibility index (Phi) is 6.55. The molecule has 0 aromatic carbocycles. The largest absolute Gasteiger partial charge is 0.335 e. The zero-order valence-corrected chi connectivity index (χ0v) is 11.4. The van der Waals surface area contributed by atoms with Gasteiger partial charge in [-0.25, -0.2) is 4.98 Å². The van der Waals surface area contributed by atoms with E-state index in [0.717, 1.165) is 5.01 Å². The van der Waals surface area contributed by atoms with Crippen LogP contribution in [-0.4, -0.2) is 28.4 Å². The fourth-order valence-electron chi connectivity index (χ4n) is 1.39. The Morgan fingerprint density at radius 2 is 2.25 bits per heavy atom. The Morgan fingerprint density at radius 3 is 2.62 bits per heavy atom. The molecule has 16 heavy (non-hydrogen) atoms. The molecule has 0 saturated heterocycles. The maximum Gasteiger partial charge on any atom is 0.273 e. The third-order valence-corrected chi connectivity index (χ3v) is 3.04. The number of aromatic nitrogens is 1. The number of carbonyl (C=O) groups excluding carboxylic acids is 1. The van der Waals surface area contributed by atoms with Gasteiger partial charge in [0.05, 0.1) is 0 Å². The van der Waals surface area contributed by atoms with Crippen LogP contribution in [0.5, 0.6) is 0 Å². The molecule has 1 rings (SSSR count). The average Bonchev–Trinajstić information content (AvgIpc) is 2.66. The summed E-state index contributed by atoms with van der Waals surface area (Å²) in [6, 6.07) is 0.200. The number of hydrogen-bond acceptors (Lipinski definition) is 4. The number of hydrogen-bond donors (Lipinski definition) is 1. The molecule has 0 bridgehead atoms. The van der Waals surface area contributed by atoms with Gasteiger partial charge >= 0.3 is 0 Å². The van der Waals surface area contributed by atoms with Crippen molar-refractivity contribution in [1.29, 1.82) is 0 Å². The second-order valence-corrected chi connectivity index (χ2v) is 4.46. The van der Waals surface area contributed by atoms with E-state index in [9.17, 15) is 4.79 Å². The van der Waals surface area contributed by atoms with Crippen molar-refractivity contribution in [3.8, 4) is 0 Å². The number of halogens is 1. The van der Waals surface area contributed by atoms with Crippen LogP contribution in [0.3, 0.4) is 0 Å². The molecule has 92 valence electrons. The molecule has 1 amide bonds. The smallest absolute Gasteiger partial charge is 0.273 e. The number of rotatable bonds is 4. The Morgan fingerprint density at radius 1 is 1.62 bits per heavy atom. The van der Waals surface area contributed by atoms with Gasteiger partial charge in [-0.3, -0.25) is 4.79 Å². The summed E-state index contributed by atoms with van der Waals surface area (Å²) in [4.78, 5) is 17.9. The van der Waals surface area contributed by atoms with E-state index in [1.807, 2.05) is 20.8 Å². The second kappa shape index (κ2) is 6.83. The lowest BCUT2D eigenvalue weighted by molar-refractivity contribution is 0.0711. The van der Waals surface area contributed by atoms with Gasteiger partial charge in [0, 0.05) is 24.5 Å². The lowest BCUT2D eigenvalue weighted by Gasteiger charge is -2.24. The van der Waals surface area contributed by atoms with Gasteiger partial charge in [0.1, 0.15) is 10.7 Å². The fourth-order valence-corrected chi connectivity index (χ4v) is 2.04. The number of thiazole rings is 1. The number of nitrogens with zero attached hydrogens (tertiary/aromatic N) is 2. The molecule has 0 aliphatic rings. The molecule has 0 aliphatic heterocycles. The van der Waals surface area contributed by atoms with Crippen LogP contribution in [0.2, 0.25) is 0 Å². The molecule has 0 saturated carbocycles. The van der Waals surface area contributed by atoms with Crippen molar-refractivity contribution in [3.63, 3.8) is 0 Å². The number of amides is 1. The van der Waals surface area contributed by atoms with Crippen LogP contribution < -0.4 is 5.73 Å². The van der Waals surface area contributed by atoms with Crippen LogP contribution >= 0.6 is 23.7 Å². The molecule has 6 heteroatoms. The van der Waals surface area contributed by atoms with Crippen LogP contribution in [-0.2, 0) is 6.54 Å². The number of nitrogens with two attached hydrogens (primary N) is 1. The zero-order valence-electron chi connectivity index (χ0n) is 9.77. The average molecular weight is 264 g/mol. The minimum absolute atomic E-state index is 0. The molecule has 0 aliphatic carbocycles. The molecule has 0 spiro atoms. The molecular formula is C10H18ClN3OS. The van der Waals surface area contributed by atoms with E-state index in [-0.39, 0.29) is 24.4 Å². The Balaban J connectivity index is 0.00000225. The van der Waals surface area contributed by atoms with Crippen LogP contribution in [0.15, 0.2) is 5.38 Å². The van der Waals surface area contributed by atoms with Crippen molar-refractivity contribution in [2.45, 2.75) is 33.4 Å². The molecule has 0 atom stereocenters. The lowest BCUT2D eigenvalue weighted by atomic mass is 10.3. The van der Waals surface area contributed by atoms with Gasteiger partial charge in [-0.05, 0) is 20.8 Å². The van der Waals surface area contributed by atoms with E-state index in [1.165, 1.54) is 11.3 Å². The SMILES string of the molecule is CCN(C(=O)c1csc(CN)n1)C(C)C.Cl. The molecule has 1 aromatic rings. The summed E-state index contributed by atoms with van der Waals surface area (Å²) >= 11 is 1.43. The first-order chi connectivity index (χ1) is 7.10. The van der Waals surface area contributed by atoms with E-state index in [1.54, 1.807) is 10.3 Å². The number of carbonyl (C=O) groups is 1. The molecule has 0 radical (unpaired) electrons. The first-order valence-corrected chi connectivity index (χ1v) is 5.93. The van der Waals surface area contributed by atoms with Crippen molar-refractivity contribution in [2.75, 3.05) is 6.54 Å². The summed E-state index contributed by atoms with van der Waals surface area (Å²) in [5.41, 5.74) is 5.96. The van der Waals surface area contributed by atoms with E-state index < -0.39 is 0 Å². The van der Waals surface area contributed by atoms with Crippen LogP contribution in [0.25, 0.3) is 0 Å². The van der Waals surface area contributed by atoms with Crippen molar-refractivity contribution >= 4 is 29.7 Å². The van der Waals surface area contributed by atoms with Gasteiger partial charge in [0.25, 0.3) is 5.91 Å². The van der Waals surface area contributed by atoms with Gasteiger partial charge in [-0.2, -0.15) is 0 Å². The highest BCUT2D eigenvalue weighted by Crippen LogP contribution is 2.12. The maximum atomic E-state index is 12.0. The summed E-state index contributed by atoms with van der Waals surface area (Å²) in [5, 5.41) is 2.58. The first-order valence-electron chi connectivity index (χ1n) is 5.05. The highest BCUT2D eigenvalue weighted by molar-refractivity contribution is 7.09. The van der Waals surface area contributed by atoms with E-state index >= 15 is 0 Å². The molecule has 2 N–H and O–H groups in total. The summed E-state index contributed by atoms with van der Waals surface area (Å²) in [6.45, 7) is 7.06. The van der Waals surface area contributed by atoms with Crippen molar-refractivity contribution in [3.05, 3.63) is 16.1 Å². The van der Waals surface area contributed by atoms with E-state index in [2.05, 4.69) is 4.98 Å². The topological polar surface area (TPSA) is 59.2 Å². The summed E-state index contributed by atoms with van der Waals surface area (Å²) in [7, 11) is 0. The van der Waals surface area contributed by atoms with Gasteiger partial charge in [0.2, 0.25) is 0 Å². The Hall–Kier alpha value is -0.650. The van der Waals surface area contributed by atoms with Gasteiger partial charge < -0.3 is 10.6 Å². The molecule has 1 aromatic heterocycles. The van der Waals surface area contributed by atoms with Crippen molar-refractivity contribution < 1.29 is 4.79 Å².